The lowest BCUT2D eigenvalue weighted by molar-refractivity contribution is -0.00580. The summed E-state index contributed by atoms with van der Waals surface area (Å²) in [5.74, 6) is 0. The van der Waals surface area contributed by atoms with Crippen LogP contribution >= 0.6 is 0 Å². The number of hydrogen-bond donors (Lipinski definition) is 1. The Morgan fingerprint density at radius 2 is 1.93 bits per heavy atom. The molecule has 0 aromatic carbocycles. The minimum atomic E-state index is -0.665. The maximum Gasteiger partial charge on any atom is 0.104 e. The first-order valence-electron chi connectivity index (χ1n) is 5.17. The van der Waals surface area contributed by atoms with Crippen molar-refractivity contribution in [2.75, 3.05) is 6.61 Å². The van der Waals surface area contributed by atoms with Crippen molar-refractivity contribution in [1.29, 1.82) is 5.26 Å². The third-order valence-electron chi connectivity index (χ3n) is 2.16. The molecule has 0 aliphatic heterocycles. The highest BCUT2D eigenvalue weighted by molar-refractivity contribution is 5.03. The molecule has 82 valence electrons. The van der Waals surface area contributed by atoms with Gasteiger partial charge in [-0.25, -0.2) is 0 Å². The summed E-state index contributed by atoms with van der Waals surface area (Å²) >= 11 is 0. The van der Waals surface area contributed by atoms with E-state index in [2.05, 4.69) is 6.07 Å². The number of rotatable bonds is 5. The number of ether oxygens (including phenoxy) is 1. The Labute approximate surface area is 87.2 Å². The maximum atomic E-state index is 8.83. The fraction of sp³-hybridized carbons (Fsp3) is 0.909. The van der Waals surface area contributed by atoms with E-state index in [1.54, 1.807) is 0 Å². The third kappa shape index (κ3) is 5.95. The molecule has 0 heterocycles. The zero-order chi connectivity index (χ0) is 11.2. The average molecular weight is 198 g/mol. The lowest BCUT2D eigenvalue weighted by Crippen LogP contribution is -2.37. The van der Waals surface area contributed by atoms with Gasteiger partial charge in [0.1, 0.15) is 5.54 Å². The van der Waals surface area contributed by atoms with Crippen molar-refractivity contribution in [3.8, 4) is 6.07 Å². The standard InChI is InChI=1S/C11H22N2O/c1-5-11(13,9-12)7-6-8-14-10(2,3)4/h5-8,13H2,1-4H3. The van der Waals surface area contributed by atoms with Crippen LogP contribution in [0.25, 0.3) is 0 Å². The molecule has 0 aromatic heterocycles. The molecule has 0 fully saturated rings. The molecule has 14 heavy (non-hydrogen) atoms. The van der Waals surface area contributed by atoms with Gasteiger partial charge < -0.3 is 10.5 Å². The monoisotopic (exact) mass is 198 g/mol. The van der Waals surface area contributed by atoms with Crippen molar-refractivity contribution in [3.05, 3.63) is 0 Å². The largest absolute Gasteiger partial charge is 0.376 e. The second-order valence-corrected chi connectivity index (χ2v) is 4.69. The maximum absolute atomic E-state index is 8.83. The predicted molar refractivity (Wildman–Crippen MR) is 57.8 cm³/mol. The first-order chi connectivity index (χ1) is 6.33. The summed E-state index contributed by atoms with van der Waals surface area (Å²) in [6.07, 6.45) is 2.24. The average Bonchev–Trinajstić information content (AvgIpc) is 2.11. The summed E-state index contributed by atoms with van der Waals surface area (Å²) in [7, 11) is 0. The van der Waals surface area contributed by atoms with Crippen LogP contribution in [-0.4, -0.2) is 17.7 Å². The van der Waals surface area contributed by atoms with Gasteiger partial charge in [0.05, 0.1) is 11.7 Å². The zero-order valence-corrected chi connectivity index (χ0v) is 9.76. The van der Waals surface area contributed by atoms with Gasteiger partial charge >= 0.3 is 0 Å². The third-order valence-corrected chi connectivity index (χ3v) is 2.16. The van der Waals surface area contributed by atoms with Crippen LogP contribution in [0.3, 0.4) is 0 Å². The minimum absolute atomic E-state index is 0.101. The fourth-order valence-electron chi connectivity index (χ4n) is 1.08. The highest BCUT2D eigenvalue weighted by Gasteiger charge is 2.21. The van der Waals surface area contributed by atoms with Gasteiger partial charge in [-0.15, -0.1) is 0 Å². The summed E-state index contributed by atoms with van der Waals surface area (Å²) in [4.78, 5) is 0. The zero-order valence-electron chi connectivity index (χ0n) is 9.76. The summed E-state index contributed by atoms with van der Waals surface area (Å²) in [5, 5.41) is 8.83. The molecule has 1 unspecified atom stereocenters. The van der Waals surface area contributed by atoms with E-state index in [1.807, 2.05) is 27.7 Å². The lowest BCUT2D eigenvalue weighted by Gasteiger charge is -2.22. The first kappa shape index (κ1) is 13.4. The minimum Gasteiger partial charge on any atom is -0.376 e. The van der Waals surface area contributed by atoms with Gasteiger partial charge in [-0.3, -0.25) is 0 Å². The Hall–Kier alpha value is -0.590. The molecule has 2 N–H and O–H groups in total. The van der Waals surface area contributed by atoms with Crippen LogP contribution < -0.4 is 5.73 Å². The van der Waals surface area contributed by atoms with Crippen molar-refractivity contribution in [3.63, 3.8) is 0 Å². The van der Waals surface area contributed by atoms with E-state index in [0.29, 0.717) is 19.4 Å². The van der Waals surface area contributed by atoms with Crippen molar-refractivity contribution < 1.29 is 4.74 Å². The molecule has 0 aliphatic rings. The molecule has 0 saturated carbocycles. The Balaban J connectivity index is 3.70. The molecular weight excluding hydrogens is 176 g/mol. The summed E-state index contributed by atoms with van der Waals surface area (Å²) in [6, 6.07) is 2.15. The van der Waals surface area contributed by atoms with E-state index in [-0.39, 0.29) is 5.60 Å². The SMILES string of the molecule is CCC(N)(C#N)CCCOC(C)(C)C. The van der Waals surface area contributed by atoms with E-state index in [9.17, 15) is 0 Å². The number of nitriles is 1. The Kier molecular flexibility index (Phi) is 5.11. The van der Waals surface area contributed by atoms with Crippen LogP contribution in [0, 0.1) is 11.3 Å². The smallest absolute Gasteiger partial charge is 0.104 e. The van der Waals surface area contributed by atoms with Gasteiger partial charge in [-0.2, -0.15) is 5.26 Å². The van der Waals surface area contributed by atoms with Crippen molar-refractivity contribution in [1.82, 2.24) is 0 Å². The molecule has 0 bridgehead atoms. The van der Waals surface area contributed by atoms with Gasteiger partial charge in [0.15, 0.2) is 0 Å². The van der Waals surface area contributed by atoms with Gasteiger partial charge in [-0.05, 0) is 40.0 Å². The Morgan fingerprint density at radius 1 is 1.36 bits per heavy atom. The van der Waals surface area contributed by atoms with Crippen LogP contribution in [0.1, 0.15) is 47.0 Å². The number of nitrogens with zero attached hydrogens (tertiary/aromatic N) is 1. The molecule has 3 heteroatoms. The van der Waals surface area contributed by atoms with Crippen LogP contribution in [0.2, 0.25) is 0 Å². The lowest BCUT2D eigenvalue weighted by atomic mass is 9.94. The van der Waals surface area contributed by atoms with Gasteiger partial charge in [0.2, 0.25) is 0 Å². The molecular formula is C11H22N2O. The number of hydrogen-bond acceptors (Lipinski definition) is 3. The summed E-state index contributed by atoms with van der Waals surface area (Å²) in [5.41, 5.74) is 5.06. The second kappa shape index (κ2) is 5.33. The van der Waals surface area contributed by atoms with E-state index in [4.69, 9.17) is 15.7 Å². The van der Waals surface area contributed by atoms with Crippen LogP contribution in [0.15, 0.2) is 0 Å². The molecule has 0 aromatic rings. The normalized spacial score (nSPS) is 16.0. The van der Waals surface area contributed by atoms with Gasteiger partial charge in [0.25, 0.3) is 0 Å². The Bertz CT molecular complexity index is 202. The Morgan fingerprint density at radius 3 is 2.29 bits per heavy atom. The van der Waals surface area contributed by atoms with Gasteiger partial charge in [0, 0.05) is 6.61 Å². The molecule has 0 spiro atoms. The molecule has 0 radical (unpaired) electrons. The first-order valence-corrected chi connectivity index (χ1v) is 5.17. The second-order valence-electron chi connectivity index (χ2n) is 4.69. The molecule has 0 saturated heterocycles. The van der Waals surface area contributed by atoms with Crippen molar-refractivity contribution >= 4 is 0 Å². The van der Waals surface area contributed by atoms with Crippen molar-refractivity contribution in [2.45, 2.75) is 58.1 Å². The summed E-state index contributed by atoms with van der Waals surface area (Å²) in [6.45, 7) is 8.67. The highest BCUT2D eigenvalue weighted by atomic mass is 16.5. The topological polar surface area (TPSA) is 59.0 Å². The summed E-state index contributed by atoms with van der Waals surface area (Å²) < 4.78 is 5.55. The van der Waals surface area contributed by atoms with E-state index in [0.717, 1.165) is 6.42 Å². The highest BCUT2D eigenvalue weighted by Crippen LogP contribution is 2.14. The van der Waals surface area contributed by atoms with Crippen molar-refractivity contribution in [2.24, 2.45) is 5.73 Å². The number of nitrogens with two attached hydrogens (primary N) is 1. The predicted octanol–water partition coefficient (Wildman–Crippen LogP) is 2.21. The fourth-order valence-corrected chi connectivity index (χ4v) is 1.08. The van der Waals surface area contributed by atoms with Crippen LogP contribution in [0.5, 0.6) is 0 Å². The molecule has 0 amide bonds. The molecule has 0 aliphatic carbocycles. The van der Waals surface area contributed by atoms with E-state index in [1.165, 1.54) is 0 Å². The van der Waals surface area contributed by atoms with Crippen LogP contribution in [0.4, 0.5) is 0 Å². The quantitative estimate of drug-likeness (QED) is 0.689. The van der Waals surface area contributed by atoms with E-state index >= 15 is 0 Å². The molecule has 0 rings (SSSR count). The van der Waals surface area contributed by atoms with E-state index < -0.39 is 5.54 Å². The molecule has 1 atom stereocenters. The van der Waals surface area contributed by atoms with Gasteiger partial charge in [-0.1, -0.05) is 6.92 Å². The van der Waals surface area contributed by atoms with Crippen LogP contribution in [-0.2, 0) is 4.74 Å². The molecule has 3 nitrogen and oxygen atoms in total.